The van der Waals surface area contributed by atoms with Crippen LogP contribution in [0.25, 0.3) is 11.4 Å². The maximum atomic E-state index is 12.0. The molecule has 0 spiro atoms. The lowest BCUT2D eigenvalue weighted by Crippen LogP contribution is -2.27. The van der Waals surface area contributed by atoms with Gasteiger partial charge in [0.05, 0.1) is 12.7 Å². The van der Waals surface area contributed by atoms with Crippen LogP contribution in [0.3, 0.4) is 0 Å². The normalized spacial score (nSPS) is 18.2. The molecule has 1 saturated heterocycles. The van der Waals surface area contributed by atoms with E-state index < -0.39 is 12.1 Å². The first kappa shape index (κ1) is 17.6. The van der Waals surface area contributed by atoms with E-state index in [4.69, 9.17) is 18.7 Å². The molecular formula is C18H22N2O5. The van der Waals surface area contributed by atoms with E-state index in [9.17, 15) is 4.79 Å². The van der Waals surface area contributed by atoms with Crippen molar-refractivity contribution >= 4 is 5.97 Å². The maximum absolute atomic E-state index is 12.0. The molecule has 7 nitrogen and oxygen atoms in total. The predicted molar refractivity (Wildman–Crippen MR) is 88.7 cm³/mol. The quantitative estimate of drug-likeness (QED) is 0.713. The van der Waals surface area contributed by atoms with E-state index in [1.165, 1.54) is 0 Å². The molecule has 0 radical (unpaired) electrons. The monoisotopic (exact) mass is 346 g/mol. The smallest absolute Gasteiger partial charge is 0.335 e. The highest BCUT2D eigenvalue weighted by Gasteiger charge is 2.21. The van der Waals surface area contributed by atoms with Crippen LogP contribution >= 0.6 is 0 Å². The summed E-state index contributed by atoms with van der Waals surface area (Å²) in [5.41, 5.74) is 1.93. The Morgan fingerprint density at radius 2 is 2.24 bits per heavy atom. The number of rotatable bonds is 7. The van der Waals surface area contributed by atoms with Gasteiger partial charge in [0.1, 0.15) is 0 Å². The molecule has 25 heavy (non-hydrogen) atoms. The fourth-order valence-corrected chi connectivity index (χ4v) is 2.59. The molecule has 1 aliphatic heterocycles. The Labute approximate surface area is 146 Å². The summed E-state index contributed by atoms with van der Waals surface area (Å²) in [6, 6.07) is 7.74. The number of hydrogen-bond donors (Lipinski definition) is 0. The summed E-state index contributed by atoms with van der Waals surface area (Å²) < 4.78 is 21.3. The number of ether oxygens (including phenoxy) is 3. The van der Waals surface area contributed by atoms with Crippen molar-refractivity contribution in [3.63, 3.8) is 0 Å². The number of aromatic nitrogens is 2. The highest BCUT2D eigenvalue weighted by atomic mass is 16.6. The van der Waals surface area contributed by atoms with E-state index in [2.05, 4.69) is 10.1 Å². The van der Waals surface area contributed by atoms with Crippen LogP contribution in [0.4, 0.5) is 0 Å². The summed E-state index contributed by atoms with van der Waals surface area (Å²) in [4.78, 5) is 16.2. The standard InChI is InChI=1S/C18H22N2O5/c1-12-6-3-4-8-15(12)17-19-16(25-20-17)11-24-18(21)13(2)23-10-14-7-5-9-22-14/h3-4,6,8,13-14H,5,7,9-11H2,1-2H3. The zero-order valence-electron chi connectivity index (χ0n) is 14.4. The van der Waals surface area contributed by atoms with Gasteiger partial charge in [0.2, 0.25) is 5.82 Å². The molecule has 2 aromatic rings. The van der Waals surface area contributed by atoms with E-state index in [1.54, 1.807) is 6.92 Å². The molecule has 2 heterocycles. The molecule has 2 unspecified atom stereocenters. The second-order valence-electron chi connectivity index (χ2n) is 6.04. The lowest BCUT2D eigenvalue weighted by Gasteiger charge is -2.14. The van der Waals surface area contributed by atoms with Gasteiger partial charge in [-0.1, -0.05) is 29.4 Å². The van der Waals surface area contributed by atoms with Gasteiger partial charge in [-0.15, -0.1) is 0 Å². The zero-order valence-corrected chi connectivity index (χ0v) is 14.4. The van der Waals surface area contributed by atoms with Crippen LogP contribution in [-0.2, 0) is 25.6 Å². The van der Waals surface area contributed by atoms with Crippen LogP contribution in [0.5, 0.6) is 0 Å². The minimum Gasteiger partial charge on any atom is -0.454 e. The van der Waals surface area contributed by atoms with Crippen molar-refractivity contribution in [3.05, 3.63) is 35.7 Å². The Bertz CT molecular complexity index is 709. The van der Waals surface area contributed by atoms with E-state index in [0.717, 1.165) is 30.6 Å². The Balaban J connectivity index is 1.48. The summed E-state index contributed by atoms with van der Waals surface area (Å²) in [7, 11) is 0. The minimum absolute atomic E-state index is 0.0721. The second-order valence-corrected chi connectivity index (χ2v) is 6.04. The first-order valence-electron chi connectivity index (χ1n) is 8.42. The fourth-order valence-electron chi connectivity index (χ4n) is 2.59. The third-order valence-electron chi connectivity index (χ3n) is 4.08. The zero-order chi connectivity index (χ0) is 17.6. The van der Waals surface area contributed by atoms with E-state index >= 15 is 0 Å². The molecule has 2 atom stereocenters. The third-order valence-corrected chi connectivity index (χ3v) is 4.08. The van der Waals surface area contributed by atoms with Crippen molar-refractivity contribution in [2.75, 3.05) is 13.2 Å². The van der Waals surface area contributed by atoms with Crippen LogP contribution in [0.2, 0.25) is 0 Å². The Morgan fingerprint density at radius 1 is 1.40 bits per heavy atom. The molecule has 0 aliphatic carbocycles. The number of hydrogen-bond acceptors (Lipinski definition) is 7. The van der Waals surface area contributed by atoms with Gasteiger partial charge in [0.25, 0.3) is 5.89 Å². The lowest BCUT2D eigenvalue weighted by molar-refractivity contribution is -0.160. The number of aryl methyl sites for hydroxylation is 1. The average molecular weight is 346 g/mol. The van der Waals surface area contributed by atoms with Crippen LogP contribution < -0.4 is 0 Å². The molecule has 0 N–H and O–H groups in total. The van der Waals surface area contributed by atoms with Crippen LogP contribution in [0.15, 0.2) is 28.8 Å². The molecule has 1 aromatic carbocycles. The number of carbonyl (C=O) groups is 1. The number of benzene rings is 1. The van der Waals surface area contributed by atoms with Gasteiger partial charge in [0.15, 0.2) is 12.7 Å². The summed E-state index contributed by atoms with van der Waals surface area (Å²) >= 11 is 0. The molecule has 7 heteroatoms. The van der Waals surface area contributed by atoms with Gasteiger partial charge < -0.3 is 18.7 Å². The summed E-state index contributed by atoms with van der Waals surface area (Å²) in [6.45, 7) is 4.70. The number of nitrogens with zero attached hydrogens (tertiary/aromatic N) is 2. The lowest BCUT2D eigenvalue weighted by atomic mass is 10.1. The molecule has 1 aliphatic rings. The fraction of sp³-hybridized carbons (Fsp3) is 0.500. The minimum atomic E-state index is -0.664. The predicted octanol–water partition coefficient (Wildman–Crippen LogP) is 2.67. The molecular weight excluding hydrogens is 324 g/mol. The summed E-state index contributed by atoms with van der Waals surface area (Å²) in [6.07, 6.45) is 1.41. The molecule has 3 rings (SSSR count). The average Bonchev–Trinajstić information content (AvgIpc) is 3.29. The molecule has 0 saturated carbocycles. The highest BCUT2D eigenvalue weighted by Crippen LogP contribution is 2.20. The van der Waals surface area contributed by atoms with Crippen molar-refractivity contribution in [3.8, 4) is 11.4 Å². The van der Waals surface area contributed by atoms with Gasteiger partial charge in [-0.2, -0.15) is 4.98 Å². The van der Waals surface area contributed by atoms with Crippen molar-refractivity contribution in [1.82, 2.24) is 10.1 Å². The van der Waals surface area contributed by atoms with Crippen molar-refractivity contribution in [2.45, 2.75) is 45.5 Å². The highest BCUT2D eigenvalue weighted by molar-refractivity contribution is 5.74. The van der Waals surface area contributed by atoms with Crippen molar-refractivity contribution in [2.24, 2.45) is 0 Å². The van der Waals surface area contributed by atoms with Gasteiger partial charge >= 0.3 is 5.97 Å². The van der Waals surface area contributed by atoms with Gasteiger partial charge in [0, 0.05) is 12.2 Å². The van der Waals surface area contributed by atoms with E-state index in [-0.39, 0.29) is 18.6 Å². The largest absolute Gasteiger partial charge is 0.454 e. The molecule has 134 valence electrons. The first-order chi connectivity index (χ1) is 12.1. The Morgan fingerprint density at radius 3 is 3.00 bits per heavy atom. The second kappa shape index (κ2) is 8.22. The first-order valence-corrected chi connectivity index (χ1v) is 8.42. The molecule has 1 fully saturated rings. The SMILES string of the molecule is Cc1ccccc1-c1noc(COC(=O)C(C)OCC2CCCO2)n1. The maximum Gasteiger partial charge on any atom is 0.335 e. The third kappa shape index (κ3) is 4.64. The number of carbonyl (C=O) groups excluding carboxylic acids is 1. The van der Waals surface area contributed by atoms with E-state index in [1.807, 2.05) is 31.2 Å². The molecule has 0 amide bonds. The molecule has 0 bridgehead atoms. The van der Waals surface area contributed by atoms with Crippen LogP contribution in [0, 0.1) is 6.92 Å². The van der Waals surface area contributed by atoms with Gasteiger partial charge in [-0.25, -0.2) is 4.79 Å². The summed E-state index contributed by atoms with van der Waals surface area (Å²) in [5.74, 6) is 0.262. The summed E-state index contributed by atoms with van der Waals surface area (Å²) in [5, 5.41) is 3.93. The number of esters is 1. The van der Waals surface area contributed by atoms with Crippen LogP contribution in [-0.4, -0.2) is 41.5 Å². The van der Waals surface area contributed by atoms with Crippen molar-refractivity contribution < 1.29 is 23.5 Å². The van der Waals surface area contributed by atoms with Crippen LogP contribution in [0.1, 0.15) is 31.2 Å². The van der Waals surface area contributed by atoms with Gasteiger partial charge in [-0.3, -0.25) is 0 Å². The van der Waals surface area contributed by atoms with Gasteiger partial charge in [-0.05, 0) is 32.3 Å². The Kier molecular flexibility index (Phi) is 5.78. The van der Waals surface area contributed by atoms with Crippen molar-refractivity contribution in [1.29, 1.82) is 0 Å². The topological polar surface area (TPSA) is 83.7 Å². The van der Waals surface area contributed by atoms with E-state index in [0.29, 0.717) is 12.4 Å². The Hall–Kier alpha value is -2.25. The molecule has 1 aromatic heterocycles.